The lowest BCUT2D eigenvalue weighted by atomic mass is 10.1. The van der Waals surface area contributed by atoms with Crippen LogP contribution >= 0.6 is 0 Å². The summed E-state index contributed by atoms with van der Waals surface area (Å²) in [7, 11) is 1.87. The molecule has 6 nitrogen and oxygen atoms in total. The minimum Gasteiger partial charge on any atom is -0.308 e. The predicted octanol–water partition coefficient (Wildman–Crippen LogP) is 2.14. The van der Waals surface area contributed by atoms with E-state index in [0.717, 1.165) is 11.8 Å². The Kier molecular flexibility index (Phi) is 5.94. The van der Waals surface area contributed by atoms with Crippen molar-refractivity contribution in [1.82, 2.24) is 14.9 Å². The zero-order valence-electron chi connectivity index (χ0n) is 13.3. The molecule has 1 aromatic carbocycles. The second-order valence-corrected chi connectivity index (χ2v) is 5.24. The van der Waals surface area contributed by atoms with Crippen molar-refractivity contribution >= 4 is 18.0 Å². The first-order valence-corrected chi connectivity index (χ1v) is 7.46. The molecule has 6 heteroatoms. The van der Waals surface area contributed by atoms with Crippen LogP contribution in [0, 0.1) is 0 Å². The Morgan fingerprint density at radius 2 is 2.13 bits per heavy atom. The molecular weight excluding hydrogens is 292 g/mol. The van der Waals surface area contributed by atoms with Gasteiger partial charge in [-0.3, -0.25) is 19.5 Å². The van der Waals surface area contributed by atoms with Crippen molar-refractivity contribution in [3.05, 3.63) is 54.0 Å². The third-order valence-electron chi connectivity index (χ3n) is 3.64. The van der Waals surface area contributed by atoms with Crippen LogP contribution < -0.4 is 5.32 Å². The largest absolute Gasteiger partial charge is 0.308 e. The van der Waals surface area contributed by atoms with Gasteiger partial charge < -0.3 is 5.32 Å². The van der Waals surface area contributed by atoms with Crippen molar-refractivity contribution in [2.45, 2.75) is 25.9 Å². The van der Waals surface area contributed by atoms with Crippen LogP contribution in [0.4, 0.5) is 5.82 Å². The molecule has 0 aliphatic heterocycles. The number of carbonyl (C=O) groups excluding carboxylic acids is 2. The molecule has 120 valence electrons. The number of hydrogen-bond donors (Lipinski definition) is 1. The van der Waals surface area contributed by atoms with Gasteiger partial charge in [-0.2, -0.15) is 0 Å². The van der Waals surface area contributed by atoms with Crippen molar-refractivity contribution in [2.75, 3.05) is 12.4 Å². The highest BCUT2D eigenvalue weighted by atomic mass is 16.2. The van der Waals surface area contributed by atoms with Crippen LogP contribution in [0.5, 0.6) is 0 Å². The quantitative estimate of drug-likeness (QED) is 0.793. The average Bonchev–Trinajstić information content (AvgIpc) is 2.57. The minimum atomic E-state index is -0.322. The van der Waals surface area contributed by atoms with Gasteiger partial charge in [-0.1, -0.05) is 31.2 Å². The first-order chi connectivity index (χ1) is 11.2. The van der Waals surface area contributed by atoms with Gasteiger partial charge >= 0.3 is 0 Å². The number of hydrogen-bond acceptors (Lipinski definition) is 5. The third-order valence-corrected chi connectivity index (χ3v) is 3.64. The molecule has 2 aromatic rings. The lowest BCUT2D eigenvalue weighted by molar-refractivity contribution is -0.121. The summed E-state index contributed by atoms with van der Waals surface area (Å²) in [5.41, 5.74) is 1.54. The number of rotatable bonds is 7. The zero-order valence-corrected chi connectivity index (χ0v) is 13.3. The molecule has 2 rings (SSSR count). The van der Waals surface area contributed by atoms with E-state index in [1.165, 1.54) is 12.4 Å². The molecule has 0 aliphatic rings. The number of nitrogens with one attached hydrogen (secondary N) is 1. The average molecular weight is 312 g/mol. The maximum atomic E-state index is 12.4. The van der Waals surface area contributed by atoms with Crippen LogP contribution in [0.15, 0.2) is 42.9 Å². The van der Waals surface area contributed by atoms with Gasteiger partial charge in [0.05, 0.1) is 12.2 Å². The molecule has 1 amide bonds. The van der Waals surface area contributed by atoms with E-state index in [0.29, 0.717) is 24.3 Å². The number of aldehydes is 1. The summed E-state index contributed by atoms with van der Waals surface area (Å²) in [6.07, 6.45) is 6.07. The molecule has 1 heterocycles. The lowest BCUT2D eigenvalue weighted by Gasteiger charge is -2.26. The minimum absolute atomic E-state index is 0.140. The Labute approximate surface area is 135 Å². The number of nitrogens with zero attached hydrogens (tertiary/aromatic N) is 3. The van der Waals surface area contributed by atoms with E-state index in [1.54, 1.807) is 12.3 Å². The molecule has 1 unspecified atom stereocenters. The molecule has 23 heavy (non-hydrogen) atoms. The Bertz CT molecular complexity index is 661. The summed E-state index contributed by atoms with van der Waals surface area (Å²) >= 11 is 0. The van der Waals surface area contributed by atoms with Crippen molar-refractivity contribution in [2.24, 2.45) is 0 Å². The predicted molar refractivity (Wildman–Crippen MR) is 88.0 cm³/mol. The standard InChI is InChI=1S/C17H20N4O2/c1-3-15(17(23)20-16-10-18-8-9-19-16)21(2)11-13-6-4-5-7-14(13)12-22/h4-10,12,15H,3,11H2,1-2H3,(H,19,20,23). The Hall–Kier alpha value is -2.60. The number of aromatic nitrogens is 2. The van der Waals surface area contributed by atoms with Crippen molar-refractivity contribution in [1.29, 1.82) is 0 Å². The SMILES string of the molecule is CCC(C(=O)Nc1cnccn1)N(C)Cc1ccccc1C=O. The van der Waals surface area contributed by atoms with Gasteiger partial charge in [0.25, 0.3) is 0 Å². The number of amides is 1. The molecule has 0 saturated carbocycles. The first kappa shape index (κ1) is 16.8. The van der Waals surface area contributed by atoms with E-state index >= 15 is 0 Å². The molecule has 0 aliphatic carbocycles. The maximum absolute atomic E-state index is 12.4. The van der Waals surface area contributed by atoms with Gasteiger partial charge in [0, 0.05) is 24.5 Å². The fourth-order valence-electron chi connectivity index (χ4n) is 2.44. The molecule has 0 saturated heterocycles. The zero-order chi connectivity index (χ0) is 16.7. The van der Waals surface area contributed by atoms with E-state index in [4.69, 9.17) is 0 Å². The monoisotopic (exact) mass is 312 g/mol. The molecule has 1 N–H and O–H groups in total. The highest BCUT2D eigenvalue weighted by molar-refractivity contribution is 5.93. The van der Waals surface area contributed by atoms with Crippen LogP contribution in [0.1, 0.15) is 29.3 Å². The molecule has 1 aromatic heterocycles. The second kappa shape index (κ2) is 8.14. The summed E-state index contributed by atoms with van der Waals surface area (Å²) in [6, 6.07) is 7.06. The Morgan fingerprint density at radius 3 is 2.78 bits per heavy atom. The number of likely N-dealkylation sites (N-methyl/N-ethyl adjacent to an activating group) is 1. The second-order valence-electron chi connectivity index (χ2n) is 5.24. The van der Waals surface area contributed by atoms with Gasteiger partial charge in [0.15, 0.2) is 5.82 Å². The van der Waals surface area contributed by atoms with E-state index in [9.17, 15) is 9.59 Å². The highest BCUT2D eigenvalue weighted by Gasteiger charge is 2.22. The highest BCUT2D eigenvalue weighted by Crippen LogP contribution is 2.13. The van der Waals surface area contributed by atoms with Gasteiger partial charge in [-0.05, 0) is 19.0 Å². The third kappa shape index (κ3) is 4.43. The summed E-state index contributed by atoms with van der Waals surface area (Å²) in [5, 5.41) is 2.76. The fourth-order valence-corrected chi connectivity index (χ4v) is 2.44. The number of carbonyl (C=O) groups is 2. The van der Waals surface area contributed by atoms with Gasteiger partial charge in [-0.25, -0.2) is 4.98 Å². The molecule has 0 fully saturated rings. The lowest BCUT2D eigenvalue weighted by Crippen LogP contribution is -2.41. The Morgan fingerprint density at radius 1 is 1.35 bits per heavy atom. The fraction of sp³-hybridized carbons (Fsp3) is 0.294. The topological polar surface area (TPSA) is 75.2 Å². The summed E-state index contributed by atoms with van der Waals surface area (Å²) in [5.74, 6) is 0.289. The van der Waals surface area contributed by atoms with Gasteiger partial charge in [0.2, 0.25) is 5.91 Å². The van der Waals surface area contributed by atoms with E-state index in [2.05, 4.69) is 15.3 Å². The molecule has 0 bridgehead atoms. The van der Waals surface area contributed by atoms with Crippen LogP contribution in [0.25, 0.3) is 0 Å². The number of benzene rings is 1. The first-order valence-electron chi connectivity index (χ1n) is 7.46. The normalized spacial score (nSPS) is 12.0. The van der Waals surface area contributed by atoms with Crippen LogP contribution in [0.3, 0.4) is 0 Å². The number of anilines is 1. The summed E-state index contributed by atoms with van der Waals surface area (Å²) in [6.45, 7) is 2.46. The smallest absolute Gasteiger partial charge is 0.242 e. The summed E-state index contributed by atoms with van der Waals surface area (Å²) in [4.78, 5) is 33.4. The summed E-state index contributed by atoms with van der Waals surface area (Å²) < 4.78 is 0. The van der Waals surface area contributed by atoms with Crippen molar-refractivity contribution < 1.29 is 9.59 Å². The van der Waals surface area contributed by atoms with Crippen LogP contribution in [-0.2, 0) is 11.3 Å². The Balaban J connectivity index is 2.07. The van der Waals surface area contributed by atoms with E-state index in [-0.39, 0.29) is 11.9 Å². The van der Waals surface area contributed by atoms with E-state index in [1.807, 2.05) is 37.1 Å². The molecule has 0 spiro atoms. The van der Waals surface area contributed by atoms with Crippen LogP contribution in [-0.4, -0.2) is 40.2 Å². The van der Waals surface area contributed by atoms with Crippen LogP contribution in [0.2, 0.25) is 0 Å². The molecular formula is C17H20N4O2. The van der Waals surface area contributed by atoms with Gasteiger partial charge in [-0.15, -0.1) is 0 Å². The van der Waals surface area contributed by atoms with Gasteiger partial charge in [0.1, 0.15) is 6.29 Å². The molecule has 0 radical (unpaired) electrons. The van der Waals surface area contributed by atoms with Crippen molar-refractivity contribution in [3.8, 4) is 0 Å². The maximum Gasteiger partial charge on any atom is 0.242 e. The van der Waals surface area contributed by atoms with E-state index < -0.39 is 0 Å². The molecule has 1 atom stereocenters. The van der Waals surface area contributed by atoms with Crippen molar-refractivity contribution in [3.63, 3.8) is 0 Å².